The van der Waals surface area contributed by atoms with E-state index >= 15 is 0 Å². The van der Waals surface area contributed by atoms with Crippen LogP contribution < -0.4 is 10.6 Å². The number of nitrogens with zero attached hydrogens (tertiary/aromatic N) is 2. The van der Waals surface area contributed by atoms with Crippen molar-refractivity contribution in [3.63, 3.8) is 0 Å². The van der Waals surface area contributed by atoms with Crippen LogP contribution in [0.15, 0.2) is 6.20 Å². The lowest BCUT2D eigenvalue weighted by atomic mass is 10.6. The van der Waals surface area contributed by atoms with Gasteiger partial charge in [-0.25, -0.2) is 9.97 Å². The molecule has 4 nitrogen and oxygen atoms in total. The van der Waals surface area contributed by atoms with Gasteiger partial charge in [0.2, 0.25) is 0 Å². The molecule has 0 aliphatic rings. The second-order valence-corrected chi connectivity index (χ2v) is 3.00. The minimum absolute atomic E-state index is 0.771. The van der Waals surface area contributed by atoms with Crippen molar-refractivity contribution in [2.45, 2.75) is 0 Å². The van der Waals surface area contributed by atoms with Crippen LogP contribution >= 0.6 is 22.6 Å². The monoisotopic (exact) mass is 264 g/mol. The van der Waals surface area contributed by atoms with Gasteiger partial charge in [0, 0.05) is 14.1 Å². The molecule has 11 heavy (non-hydrogen) atoms. The normalized spacial score (nSPS) is 9.36. The highest BCUT2D eigenvalue weighted by Crippen LogP contribution is 2.14. The highest BCUT2D eigenvalue weighted by atomic mass is 127. The van der Waals surface area contributed by atoms with Gasteiger partial charge >= 0.3 is 0 Å². The number of anilines is 2. The Hall–Kier alpha value is -0.590. The third kappa shape index (κ3) is 1.92. The quantitative estimate of drug-likeness (QED) is 0.787. The first-order chi connectivity index (χ1) is 5.27. The molecule has 0 spiro atoms. The van der Waals surface area contributed by atoms with E-state index in [1.54, 1.807) is 6.20 Å². The van der Waals surface area contributed by atoms with Gasteiger partial charge in [-0.1, -0.05) is 0 Å². The topological polar surface area (TPSA) is 49.8 Å². The van der Waals surface area contributed by atoms with Gasteiger partial charge < -0.3 is 10.6 Å². The summed E-state index contributed by atoms with van der Waals surface area (Å²) in [7, 11) is 3.64. The van der Waals surface area contributed by atoms with E-state index in [9.17, 15) is 0 Å². The van der Waals surface area contributed by atoms with Crippen molar-refractivity contribution >= 4 is 34.2 Å². The lowest BCUT2D eigenvalue weighted by molar-refractivity contribution is 1.14. The summed E-state index contributed by atoms with van der Waals surface area (Å²) in [5.41, 5.74) is 0. The molecule has 2 N–H and O–H groups in total. The SMILES string of the molecule is CNc1ncc(I)nc1NC. The molecule has 0 aliphatic heterocycles. The van der Waals surface area contributed by atoms with Gasteiger partial charge in [-0.15, -0.1) is 0 Å². The summed E-state index contributed by atoms with van der Waals surface area (Å²) in [6.45, 7) is 0. The van der Waals surface area contributed by atoms with Crippen molar-refractivity contribution in [3.05, 3.63) is 9.90 Å². The molecule has 0 aromatic carbocycles. The number of hydrogen-bond acceptors (Lipinski definition) is 4. The van der Waals surface area contributed by atoms with E-state index < -0.39 is 0 Å². The molecule has 1 heterocycles. The molecule has 0 atom stereocenters. The third-order valence-electron chi connectivity index (χ3n) is 1.22. The molecule has 0 amide bonds. The maximum atomic E-state index is 4.21. The number of aromatic nitrogens is 2. The highest BCUT2D eigenvalue weighted by molar-refractivity contribution is 14.1. The van der Waals surface area contributed by atoms with E-state index in [-0.39, 0.29) is 0 Å². The Morgan fingerprint density at radius 1 is 1.27 bits per heavy atom. The highest BCUT2D eigenvalue weighted by Gasteiger charge is 2.00. The fourth-order valence-corrected chi connectivity index (χ4v) is 1.11. The van der Waals surface area contributed by atoms with Crippen LogP contribution in [0.2, 0.25) is 0 Å². The Balaban J connectivity index is 3.06. The van der Waals surface area contributed by atoms with Crippen molar-refractivity contribution in [2.75, 3.05) is 24.7 Å². The third-order valence-corrected chi connectivity index (χ3v) is 1.74. The zero-order valence-corrected chi connectivity index (χ0v) is 8.51. The maximum absolute atomic E-state index is 4.21. The van der Waals surface area contributed by atoms with Crippen LogP contribution in [0, 0.1) is 3.70 Å². The average Bonchev–Trinajstić information content (AvgIpc) is 2.04. The van der Waals surface area contributed by atoms with Gasteiger partial charge in [-0.3, -0.25) is 0 Å². The first kappa shape index (κ1) is 8.51. The minimum atomic E-state index is 0.771. The molecule has 0 unspecified atom stereocenters. The van der Waals surface area contributed by atoms with Crippen molar-refractivity contribution in [3.8, 4) is 0 Å². The summed E-state index contributed by atoms with van der Waals surface area (Å²) in [6, 6.07) is 0. The first-order valence-electron chi connectivity index (χ1n) is 3.16. The van der Waals surface area contributed by atoms with Crippen molar-refractivity contribution in [1.82, 2.24) is 9.97 Å². The smallest absolute Gasteiger partial charge is 0.169 e. The summed E-state index contributed by atoms with van der Waals surface area (Å²) in [5, 5.41) is 5.88. The Kier molecular flexibility index (Phi) is 2.86. The van der Waals surface area contributed by atoms with E-state index in [1.807, 2.05) is 14.1 Å². The van der Waals surface area contributed by atoms with Crippen molar-refractivity contribution in [2.24, 2.45) is 0 Å². The molecule has 1 aromatic rings. The molecule has 0 saturated heterocycles. The molecule has 0 radical (unpaired) electrons. The molecule has 1 rings (SSSR count). The van der Waals surface area contributed by atoms with Crippen LogP contribution in [-0.2, 0) is 0 Å². The molecule has 5 heteroatoms. The molecule has 0 aliphatic carbocycles. The standard InChI is InChI=1S/C6H9IN4/c1-8-5-6(9-2)11-4(7)3-10-5/h3H,1-2H3,(H,8,10)(H,9,11). The summed E-state index contributed by atoms with van der Waals surface area (Å²) < 4.78 is 0.881. The molecular formula is C6H9IN4. The summed E-state index contributed by atoms with van der Waals surface area (Å²) in [6.07, 6.45) is 1.72. The molecule has 60 valence electrons. The van der Waals surface area contributed by atoms with Gasteiger partial charge in [0.05, 0.1) is 6.20 Å². The predicted octanol–water partition coefficient (Wildman–Crippen LogP) is 1.16. The zero-order valence-electron chi connectivity index (χ0n) is 6.35. The largest absolute Gasteiger partial charge is 0.370 e. The second kappa shape index (κ2) is 3.70. The molecule has 0 bridgehead atoms. The van der Waals surface area contributed by atoms with Gasteiger partial charge in [-0.2, -0.15) is 0 Å². The van der Waals surface area contributed by atoms with Crippen LogP contribution in [0.4, 0.5) is 11.6 Å². The van der Waals surface area contributed by atoms with Crippen LogP contribution in [-0.4, -0.2) is 24.1 Å². The Morgan fingerprint density at radius 2 is 1.91 bits per heavy atom. The predicted molar refractivity (Wildman–Crippen MR) is 53.8 cm³/mol. The zero-order chi connectivity index (χ0) is 8.27. The van der Waals surface area contributed by atoms with E-state index in [4.69, 9.17) is 0 Å². The Morgan fingerprint density at radius 3 is 2.45 bits per heavy atom. The van der Waals surface area contributed by atoms with E-state index in [1.165, 1.54) is 0 Å². The van der Waals surface area contributed by atoms with E-state index in [2.05, 4.69) is 43.2 Å². The van der Waals surface area contributed by atoms with Gasteiger partial charge in [-0.05, 0) is 22.6 Å². The van der Waals surface area contributed by atoms with Crippen LogP contribution in [0.25, 0.3) is 0 Å². The fraction of sp³-hybridized carbons (Fsp3) is 0.333. The Labute approximate surface area is 79.0 Å². The first-order valence-corrected chi connectivity index (χ1v) is 4.24. The van der Waals surface area contributed by atoms with Crippen molar-refractivity contribution in [1.29, 1.82) is 0 Å². The fourth-order valence-electron chi connectivity index (χ4n) is 0.725. The number of halogens is 1. The number of hydrogen-bond donors (Lipinski definition) is 2. The maximum Gasteiger partial charge on any atom is 0.169 e. The molecule has 0 fully saturated rings. The van der Waals surface area contributed by atoms with Crippen molar-refractivity contribution < 1.29 is 0 Å². The Bertz CT molecular complexity index is 250. The van der Waals surface area contributed by atoms with E-state index in [0.29, 0.717) is 0 Å². The summed E-state index contributed by atoms with van der Waals surface area (Å²) in [4.78, 5) is 8.34. The van der Waals surface area contributed by atoms with Crippen LogP contribution in [0.3, 0.4) is 0 Å². The van der Waals surface area contributed by atoms with Crippen LogP contribution in [0.1, 0.15) is 0 Å². The average molecular weight is 264 g/mol. The van der Waals surface area contributed by atoms with Gasteiger partial charge in [0.1, 0.15) is 3.70 Å². The summed E-state index contributed by atoms with van der Waals surface area (Å²) >= 11 is 2.12. The van der Waals surface area contributed by atoms with E-state index in [0.717, 1.165) is 15.3 Å². The lowest BCUT2D eigenvalue weighted by Gasteiger charge is -2.05. The molecule has 0 saturated carbocycles. The lowest BCUT2D eigenvalue weighted by Crippen LogP contribution is -2.02. The van der Waals surface area contributed by atoms with Crippen LogP contribution in [0.5, 0.6) is 0 Å². The summed E-state index contributed by atoms with van der Waals surface area (Å²) in [5.74, 6) is 1.55. The number of rotatable bonds is 2. The van der Waals surface area contributed by atoms with Gasteiger partial charge in [0.25, 0.3) is 0 Å². The van der Waals surface area contributed by atoms with Gasteiger partial charge in [0.15, 0.2) is 11.6 Å². The molecule has 1 aromatic heterocycles. The number of nitrogens with one attached hydrogen (secondary N) is 2. The minimum Gasteiger partial charge on any atom is -0.370 e. The second-order valence-electron chi connectivity index (χ2n) is 1.89. The molecular weight excluding hydrogens is 255 g/mol.